The number of hydrogen-bond acceptors (Lipinski definition) is 1. The Hall–Kier alpha value is -0.300. The van der Waals surface area contributed by atoms with Crippen LogP contribution < -0.4 is 0 Å². The van der Waals surface area contributed by atoms with Crippen molar-refractivity contribution in [3.63, 3.8) is 0 Å². The molecule has 1 N–H and O–H groups in total. The summed E-state index contributed by atoms with van der Waals surface area (Å²) in [6.07, 6.45) is 5.91. The topological polar surface area (TPSA) is 20.2 Å². The maximum atomic E-state index is 9.94. The van der Waals surface area contributed by atoms with Crippen LogP contribution in [0, 0.1) is 5.41 Å². The number of allylic oxidation sites excluding steroid dienone is 1. The van der Waals surface area contributed by atoms with E-state index in [4.69, 9.17) is 0 Å². The van der Waals surface area contributed by atoms with E-state index in [0.29, 0.717) is 0 Å². The fourth-order valence-corrected chi connectivity index (χ4v) is 1.29. The SMILES string of the molecule is CC(C)(C)C1(O)C=CCC1. The lowest BCUT2D eigenvalue weighted by molar-refractivity contribution is -0.0131. The molecule has 1 rings (SSSR count). The fourth-order valence-electron chi connectivity index (χ4n) is 1.29. The van der Waals surface area contributed by atoms with Crippen molar-refractivity contribution in [3.8, 4) is 0 Å². The lowest BCUT2D eigenvalue weighted by atomic mass is 9.76. The first-order valence-corrected chi connectivity index (χ1v) is 3.86. The number of rotatable bonds is 0. The summed E-state index contributed by atoms with van der Waals surface area (Å²) in [5, 5.41) is 9.94. The standard InChI is InChI=1S/C9H16O/c1-8(2,3)9(10)6-4-5-7-9/h4,6,10H,5,7H2,1-3H3. The minimum Gasteiger partial charge on any atom is -0.385 e. The second-order valence-corrected chi connectivity index (χ2v) is 4.12. The van der Waals surface area contributed by atoms with E-state index in [0.717, 1.165) is 12.8 Å². The van der Waals surface area contributed by atoms with Crippen molar-refractivity contribution in [1.82, 2.24) is 0 Å². The summed E-state index contributed by atoms with van der Waals surface area (Å²) in [6.45, 7) is 6.22. The van der Waals surface area contributed by atoms with Crippen LogP contribution in [0.3, 0.4) is 0 Å². The van der Waals surface area contributed by atoms with Gasteiger partial charge in [-0.15, -0.1) is 0 Å². The molecule has 0 aliphatic heterocycles. The summed E-state index contributed by atoms with van der Waals surface area (Å²) in [5.74, 6) is 0. The van der Waals surface area contributed by atoms with Gasteiger partial charge in [0, 0.05) is 0 Å². The van der Waals surface area contributed by atoms with Crippen LogP contribution in [-0.4, -0.2) is 10.7 Å². The minimum absolute atomic E-state index is 0.0139. The van der Waals surface area contributed by atoms with Crippen molar-refractivity contribution >= 4 is 0 Å². The Morgan fingerprint density at radius 2 is 2.00 bits per heavy atom. The van der Waals surface area contributed by atoms with Gasteiger partial charge in [-0.25, -0.2) is 0 Å². The first-order valence-electron chi connectivity index (χ1n) is 3.86. The molecule has 1 heteroatoms. The zero-order valence-electron chi connectivity index (χ0n) is 7.02. The molecule has 0 radical (unpaired) electrons. The molecule has 0 amide bonds. The number of hydrogen-bond donors (Lipinski definition) is 1. The molecule has 0 saturated heterocycles. The van der Waals surface area contributed by atoms with Crippen LogP contribution >= 0.6 is 0 Å². The largest absolute Gasteiger partial charge is 0.385 e. The van der Waals surface area contributed by atoms with Gasteiger partial charge in [-0.2, -0.15) is 0 Å². The van der Waals surface area contributed by atoms with Crippen LogP contribution in [0.25, 0.3) is 0 Å². The molecule has 1 atom stereocenters. The predicted octanol–water partition coefficient (Wildman–Crippen LogP) is 2.11. The normalized spacial score (nSPS) is 33.2. The highest BCUT2D eigenvalue weighted by molar-refractivity contribution is 5.13. The molecule has 0 aromatic rings. The Labute approximate surface area is 62.8 Å². The summed E-state index contributed by atoms with van der Waals surface area (Å²) in [7, 11) is 0. The molecule has 1 aliphatic rings. The van der Waals surface area contributed by atoms with Gasteiger partial charge in [0.05, 0.1) is 5.60 Å². The van der Waals surface area contributed by atoms with Crippen LogP contribution in [0.1, 0.15) is 33.6 Å². The van der Waals surface area contributed by atoms with Crippen molar-refractivity contribution in [2.24, 2.45) is 5.41 Å². The van der Waals surface area contributed by atoms with Gasteiger partial charge in [0.25, 0.3) is 0 Å². The van der Waals surface area contributed by atoms with Gasteiger partial charge in [-0.05, 0) is 18.3 Å². The highest BCUT2D eigenvalue weighted by Gasteiger charge is 2.38. The second-order valence-electron chi connectivity index (χ2n) is 4.12. The van der Waals surface area contributed by atoms with Crippen LogP contribution in [0.5, 0.6) is 0 Å². The van der Waals surface area contributed by atoms with Gasteiger partial charge in [0.15, 0.2) is 0 Å². The van der Waals surface area contributed by atoms with Gasteiger partial charge < -0.3 is 5.11 Å². The summed E-state index contributed by atoms with van der Waals surface area (Å²) >= 11 is 0. The van der Waals surface area contributed by atoms with E-state index >= 15 is 0 Å². The molecule has 0 heterocycles. The second kappa shape index (κ2) is 2.09. The first kappa shape index (κ1) is 7.80. The van der Waals surface area contributed by atoms with Gasteiger partial charge in [0.1, 0.15) is 0 Å². The van der Waals surface area contributed by atoms with E-state index in [1.165, 1.54) is 0 Å². The molecule has 10 heavy (non-hydrogen) atoms. The highest BCUT2D eigenvalue weighted by Crippen LogP contribution is 2.38. The van der Waals surface area contributed by atoms with E-state index in [1.54, 1.807) is 0 Å². The number of aliphatic hydroxyl groups is 1. The van der Waals surface area contributed by atoms with E-state index in [-0.39, 0.29) is 5.41 Å². The molecule has 1 unspecified atom stereocenters. The minimum atomic E-state index is -0.549. The molecular weight excluding hydrogens is 124 g/mol. The lowest BCUT2D eigenvalue weighted by Gasteiger charge is -2.35. The summed E-state index contributed by atoms with van der Waals surface area (Å²) < 4.78 is 0. The summed E-state index contributed by atoms with van der Waals surface area (Å²) in [4.78, 5) is 0. The lowest BCUT2D eigenvalue weighted by Crippen LogP contribution is -2.38. The third kappa shape index (κ3) is 1.10. The molecular formula is C9H16O. The van der Waals surface area contributed by atoms with Crippen LogP contribution in [-0.2, 0) is 0 Å². The van der Waals surface area contributed by atoms with Crippen LogP contribution in [0.15, 0.2) is 12.2 Å². The van der Waals surface area contributed by atoms with E-state index in [9.17, 15) is 5.11 Å². The highest BCUT2D eigenvalue weighted by atomic mass is 16.3. The van der Waals surface area contributed by atoms with Crippen LogP contribution in [0.4, 0.5) is 0 Å². The monoisotopic (exact) mass is 140 g/mol. The molecule has 1 aliphatic carbocycles. The van der Waals surface area contributed by atoms with Crippen molar-refractivity contribution in [2.45, 2.75) is 39.2 Å². The Morgan fingerprint density at radius 3 is 2.20 bits per heavy atom. The van der Waals surface area contributed by atoms with Crippen molar-refractivity contribution < 1.29 is 5.11 Å². The molecule has 0 bridgehead atoms. The Bertz CT molecular complexity index is 153. The third-order valence-electron chi connectivity index (χ3n) is 2.38. The maximum absolute atomic E-state index is 9.94. The quantitative estimate of drug-likeness (QED) is 0.511. The van der Waals surface area contributed by atoms with Crippen molar-refractivity contribution in [2.75, 3.05) is 0 Å². The molecule has 0 fully saturated rings. The maximum Gasteiger partial charge on any atom is 0.0878 e. The predicted molar refractivity (Wildman–Crippen MR) is 42.8 cm³/mol. The molecule has 0 saturated carbocycles. The van der Waals surface area contributed by atoms with Gasteiger partial charge in [-0.3, -0.25) is 0 Å². The Kier molecular flexibility index (Phi) is 1.63. The summed E-state index contributed by atoms with van der Waals surface area (Å²) in [5.41, 5.74) is -0.562. The zero-order valence-corrected chi connectivity index (χ0v) is 7.02. The van der Waals surface area contributed by atoms with E-state index in [1.807, 2.05) is 6.08 Å². The van der Waals surface area contributed by atoms with Gasteiger partial charge in [-0.1, -0.05) is 32.9 Å². The third-order valence-corrected chi connectivity index (χ3v) is 2.38. The average Bonchev–Trinajstić information content (AvgIpc) is 2.13. The molecule has 0 aromatic heterocycles. The molecule has 58 valence electrons. The van der Waals surface area contributed by atoms with Crippen molar-refractivity contribution in [3.05, 3.63) is 12.2 Å². The first-order chi connectivity index (χ1) is 4.46. The molecule has 0 spiro atoms. The summed E-state index contributed by atoms with van der Waals surface area (Å²) in [6, 6.07) is 0. The Morgan fingerprint density at radius 1 is 1.40 bits per heavy atom. The smallest absolute Gasteiger partial charge is 0.0878 e. The van der Waals surface area contributed by atoms with Crippen molar-refractivity contribution in [1.29, 1.82) is 0 Å². The average molecular weight is 140 g/mol. The van der Waals surface area contributed by atoms with Gasteiger partial charge in [0.2, 0.25) is 0 Å². The van der Waals surface area contributed by atoms with E-state index < -0.39 is 5.60 Å². The zero-order chi connectivity index (χ0) is 7.83. The van der Waals surface area contributed by atoms with Crippen LogP contribution in [0.2, 0.25) is 0 Å². The molecule has 1 nitrogen and oxygen atoms in total. The van der Waals surface area contributed by atoms with E-state index in [2.05, 4.69) is 26.8 Å². The fraction of sp³-hybridized carbons (Fsp3) is 0.778. The van der Waals surface area contributed by atoms with Gasteiger partial charge >= 0.3 is 0 Å². The molecule has 0 aromatic carbocycles. The Balaban J connectivity index is 2.78.